The van der Waals surface area contributed by atoms with E-state index in [1.165, 1.54) is 6.20 Å². The van der Waals surface area contributed by atoms with Crippen LogP contribution in [0.3, 0.4) is 0 Å². The molecule has 0 fully saturated rings. The van der Waals surface area contributed by atoms with E-state index < -0.39 is 0 Å². The summed E-state index contributed by atoms with van der Waals surface area (Å²) in [6.45, 7) is 3.63. The van der Waals surface area contributed by atoms with Gasteiger partial charge in [0.05, 0.1) is 11.1 Å². The highest BCUT2D eigenvalue weighted by Crippen LogP contribution is 2.26. The molecule has 0 radical (unpaired) electrons. The molecule has 0 saturated carbocycles. The number of anilines is 1. The highest BCUT2D eigenvalue weighted by atomic mass is 79.9. The molecule has 0 unspecified atom stereocenters. The van der Waals surface area contributed by atoms with E-state index in [1.807, 2.05) is 6.92 Å². The van der Waals surface area contributed by atoms with Crippen LogP contribution in [0.25, 0.3) is 11.5 Å². The zero-order chi connectivity index (χ0) is 15.7. The molecule has 0 aliphatic carbocycles. The average Bonchev–Trinajstić information content (AvgIpc) is 3.05. The Morgan fingerprint density at radius 1 is 1.18 bits per heavy atom. The second kappa shape index (κ2) is 5.72. The van der Waals surface area contributed by atoms with Crippen molar-refractivity contribution >= 4 is 27.9 Å². The third-order valence-electron chi connectivity index (χ3n) is 2.88. The maximum Gasteiger partial charge on any atom is 0.322 e. The van der Waals surface area contributed by atoms with Crippen molar-refractivity contribution in [1.82, 2.24) is 15.2 Å². The van der Waals surface area contributed by atoms with Gasteiger partial charge in [0.2, 0.25) is 0 Å². The molecular weight excluding hydrogens is 352 g/mol. The van der Waals surface area contributed by atoms with Crippen LogP contribution in [0.1, 0.15) is 21.9 Å². The van der Waals surface area contributed by atoms with Gasteiger partial charge in [-0.05, 0) is 41.9 Å². The van der Waals surface area contributed by atoms with Crippen molar-refractivity contribution in [1.29, 1.82) is 0 Å². The van der Waals surface area contributed by atoms with Gasteiger partial charge in [-0.1, -0.05) is 5.10 Å². The van der Waals surface area contributed by atoms with Crippen molar-refractivity contribution in [2.45, 2.75) is 13.8 Å². The van der Waals surface area contributed by atoms with Gasteiger partial charge in [0.1, 0.15) is 11.5 Å². The van der Waals surface area contributed by atoms with Gasteiger partial charge in [-0.3, -0.25) is 15.1 Å². The van der Waals surface area contributed by atoms with E-state index >= 15 is 0 Å². The predicted molar refractivity (Wildman–Crippen MR) is 81.4 cm³/mol. The molecule has 0 spiro atoms. The first-order valence-electron chi connectivity index (χ1n) is 6.36. The quantitative estimate of drug-likeness (QED) is 0.767. The molecule has 1 N–H and O–H groups in total. The van der Waals surface area contributed by atoms with E-state index in [9.17, 15) is 4.79 Å². The Balaban J connectivity index is 1.80. The minimum Gasteiger partial charge on any atom is -0.466 e. The summed E-state index contributed by atoms with van der Waals surface area (Å²) in [4.78, 5) is 16.0. The summed E-state index contributed by atoms with van der Waals surface area (Å²) in [5, 5.41) is 10.2. The molecule has 3 aromatic rings. The van der Waals surface area contributed by atoms with Crippen LogP contribution in [0.2, 0.25) is 0 Å². The lowest BCUT2D eigenvalue weighted by Gasteiger charge is -2.00. The van der Waals surface area contributed by atoms with Crippen molar-refractivity contribution in [3.05, 3.63) is 46.1 Å². The van der Waals surface area contributed by atoms with Crippen LogP contribution >= 0.6 is 15.9 Å². The van der Waals surface area contributed by atoms with Crippen LogP contribution in [0, 0.1) is 13.8 Å². The molecule has 3 heterocycles. The summed E-state index contributed by atoms with van der Waals surface area (Å²) in [5.74, 6) is 1.33. The van der Waals surface area contributed by atoms with Gasteiger partial charge < -0.3 is 8.83 Å². The number of nitrogens with zero attached hydrogens (tertiary/aromatic N) is 3. The number of carbonyl (C=O) groups excluding carboxylic acids is 1. The van der Waals surface area contributed by atoms with E-state index in [4.69, 9.17) is 8.83 Å². The molecule has 22 heavy (non-hydrogen) atoms. The van der Waals surface area contributed by atoms with E-state index in [1.54, 1.807) is 25.3 Å². The normalized spacial score (nSPS) is 10.7. The molecular formula is C14H11BrN4O3. The summed E-state index contributed by atoms with van der Waals surface area (Å²) >= 11 is 3.26. The average molecular weight is 363 g/mol. The van der Waals surface area contributed by atoms with Gasteiger partial charge in [-0.15, -0.1) is 5.10 Å². The van der Waals surface area contributed by atoms with Crippen LogP contribution in [-0.4, -0.2) is 21.1 Å². The second-order valence-corrected chi connectivity index (χ2v) is 5.50. The standard InChI is InChI=1S/C14H11BrN4O3/c1-7-3-11(8(2)21-7)13-18-19-14(22-13)17-12(20)9-4-10(15)6-16-5-9/h3-6H,1-2H3,(H,17,19,20). The number of amides is 1. The Morgan fingerprint density at radius 3 is 2.68 bits per heavy atom. The van der Waals surface area contributed by atoms with Crippen LogP contribution in [0.15, 0.2) is 37.8 Å². The summed E-state index contributed by atoms with van der Waals surface area (Å²) in [6.07, 6.45) is 3.03. The third-order valence-corrected chi connectivity index (χ3v) is 3.32. The first-order valence-corrected chi connectivity index (χ1v) is 7.15. The van der Waals surface area contributed by atoms with E-state index in [2.05, 4.69) is 36.4 Å². The number of halogens is 1. The summed E-state index contributed by atoms with van der Waals surface area (Å²) in [5.41, 5.74) is 1.08. The van der Waals surface area contributed by atoms with Crippen LogP contribution in [0.5, 0.6) is 0 Å². The Labute approximate surface area is 133 Å². The van der Waals surface area contributed by atoms with Crippen molar-refractivity contribution in [3.8, 4) is 11.5 Å². The SMILES string of the molecule is Cc1cc(-c2nnc(NC(=O)c3cncc(Br)c3)o2)c(C)o1. The highest BCUT2D eigenvalue weighted by Gasteiger charge is 2.16. The number of hydrogen-bond donors (Lipinski definition) is 1. The summed E-state index contributed by atoms with van der Waals surface area (Å²) in [7, 11) is 0. The largest absolute Gasteiger partial charge is 0.466 e. The minimum atomic E-state index is -0.385. The molecule has 3 aromatic heterocycles. The third kappa shape index (κ3) is 2.91. The monoisotopic (exact) mass is 362 g/mol. The number of nitrogens with one attached hydrogen (secondary N) is 1. The Bertz CT molecular complexity index is 840. The first-order chi connectivity index (χ1) is 10.5. The topological polar surface area (TPSA) is 94.1 Å². The lowest BCUT2D eigenvalue weighted by Crippen LogP contribution is -2.12. The minimum absolute atomic E-state index is 0.0122. The van der Waals surface area contributed by atoms with Crippen LogP contribution < -0.4 is 5.32 Å². The van der Waals surface area contributed by atoms with Crippen LogP contribution in [-0.2, 0) is 0 Å². The van der Waals surface area contributed by atoms with Gasteiger partial charge in [-0.25, -0.2) is 0 Å². The van der Waals surface area contributed by atoms with Crippen LogP contribution in [0.4, 0.5) is 6.01 Å². The fourth-order valence-corrected chi connectivity index (χ4v) is 2.30. The molecule has 8 heteroatoms. The highest BCUT2D eigenvalue weighted by molar-refractivity contribution is 9.10. The second-order valence-electron chi connectivity index (χ2n) is 4.59. The molecule has 0 atom stereocenters. The molecule has 0 bridgehead atoms. The zero-order valence-corrected chi connectivity index (χ0v) is 13.3. The van der Waals surface area contributed by atoms with E-state index in [0.717, 1.165) is 5.76 Å². The van der Waals surface area contributed by atoms with Crippen molar-refractivity contribution in [2.75, 3.05) is 5.32 Å². The molecule has 0 saturated heterocycles. The van der Waals surface area contributed by atoms with E-state index in [-0.39, 0.29) is 17.8 Å². The maximum absolute atomic E-state index is 12.1. The Kier molecular flexibility index (Phi) is 3.76. The number of hydrogen-bond acceptors (Lipinski definition) is 6. The molecule has 0 aliphatic rings. The molecule has 3 rings (SSSR count). The Morgan fingerprint density at radius 2 is 2.00 bits per heavy atom. The smallest absolute Gasteiger partial charge is 0.322 e. The Hall–Kier alpha value is -2.48. The molecule has 1 amide bonds. The number of carbonyl (C=O) groups is 1. The van der Waals surface area contributed by atoms with Crippen molar-refractivity contribution < 1.29 is 13.6 Å². The molecule has 112 valence electrons. The first kappa shape index (κ1) is 14.5. The fraction of sp³-hybridized carbons (Fsp3) is 0.143. The van der Waals surface area contributed by atoms with Crippen molar-refractivity contribution in [3.63, 3.8) is 0 Å². The predicted octanol–water partition coefficient (Wildman–Crippen LogP) is 3.36. The van der Waals surface area contributed by atoms with Gasteiger partial charge in [0.15, 0.2) is 0 Å². The van der Waals surface area contributed by atoms with Gasteiger partial charge in [0, 0.05) is 16.9 Å². The number of pyridine rings is 1. The molecule has 0 aliphatic heterocycles. The number of aryl methyl sites for hydroxylation is 2. The zero-order valence-electron chi connectivity index (χ0n) is 11.8. The summed E-state index contributed by atoms with van der Waals surface area (Å²) in [6, 6.07) is 3.45. The lowest BCUT2D eigenvalue weighted by atomic mass is 10.2. The van der Waals surface area contributed by atoms with Gasteiger partial charge >= 0.3 is 6.01 Å². The number of rotatable bonds is 3. The van der Waals surface area contributed by atoms with E-state index in [0.29, 0.717) is 21.4 Å². The fourth-order valence-electron chi connectivity index (χ4n) is 1.93. The number of aromatic nitrogens is 3. The molecule has 7 nitrogen and oxygen atoms in total. The lowest BCUT2D eigenvalue weighted by molar-refractivity contribution is 0.102. The number of furan rings is 1. The molecule has 0 aromatic carbocycles. The maximum atomic E-state index is 12.1. The van der Waals surface area contributed by atoms with Gasteiger partial charge in [-0.2, -0.15) is 0 Å². The van der Waals surface area contributed by atoms with Crippen molar-refractivity contribution in [2.24, 2.45) is 0 Å². The summed E-state index contributed by atoms with van der Waals surface area (Å²) < 4.78 is 11.6. The van der Waals surface area contributed by atoms with Gasteiger partial charge in [0.25, 0.3) is 11.8 Å².